The van der Waals surface area contributed by atoms with Gasteiger partial charge in [0.05, 0.1) is 17.8 Å². The van der Waals surface area contributed by atoms with E-state index in [0.717, 1.165) is 29.8 Å². The molecule has 0 spiro atoms. The number of fused-ring (bicyclic) bond motifs is 1. The van der Waals surface area contributed by atoms with E-state index in [1.165, 1.54) is 10.8 Å². The van der Waals surface area contributed by atoms with E-state index in [2.05, 4.69) is 70.2 Å². The molecule has 4 rings (SSSR count). The third-order valence-corrected chi connectivity index (χ3v) is 5.38. The molecule has 0 aromatic heterocycles. The van der Waals surface area contributed by atoms with Gasteiger partial charge in [-0.3, -0.25) is 0 Å². The summed E-state index contributed by atoms with van der Waals surface area (Å²) in [6, 6.07) is 12.8. The van der Waals surface area contributed by atoms with E-state index < -0.39 is 0 Å². The first-order valence-electron chi connectivity index (χ1n) is 8.58. The average molecular weight is 322 g/mol. The predicted molar refractivity (Wildman–Crippen MR) is 98.2 cm³/mol. The van der Waals surface area contributed by atoms with E-state index in [1.807, 2.05) is 0 Å². The molecule has 4 heteroatoms. The lowest BCUT2D eigenvalue weighted by molar-refractivity contribution is 0.00578. The van der Waals surface area contributed by atoms with Crippen molar-refractivity contribution in [3.8, 4) is 0 Å². The van der Waals surface area contributed by atoms with Crippen molar-refractivity contribution in [1.82, 2.24) is 0 Å². The predicted octanol–water partition coefficient (Wildman–Crippen LogP) is 3.90. The van der Waals surface area contributed by atoms with Crippen LogP contribution in [0.2, 0.25) is 0 Å². The van der Waals surface area contributed by atoms with Crippen molar-refractivity contribution >= 4 is 29.1 Å². The molecule has 1 fully saturated rings. The average Bonchev–Trinajstić information content (AvgIpc) is 3.13. The molecule has 0 bridgehead atoms. The lowest BCUT2D eigenvalue weighted by Gasteiger charge is -2.32. The van der Waals surface area contributed by atoms with Crippen molar-refractivity contribution in [2.45, 2.75) is 45.3 Å². The molecule has 2 heterocycles. The summed E-state index contributed by atoms with van der Waals surface area (Å²) < 4.78 is 18.0. The molecular formula is C20H23BO3. The topological polar surface area (TPSA) is 27.7 Å². The summed E-state index contributed by atoms with van der Waals surface area (Å²) in [6.45, 7) is 9.10. The standard InChI is InChI=1S/C20H23BO3/c1-19(2)20(3,4)24-21(23-19)17-10-9-14-12-16(8-7-15(14)13-17)18-6-5-11-22-18/h6-10,12-13H,5,11H2,1-4H3. The molecular weight excluding hydrogens is 299 g/mol. The summed E-state index contributed by atoms with van der Waals surface area (Å²) in [6.07, 6.45) is 3.15. The van der Waals surface area contributed by atoms with Crippen LogP contribution < -0.4 is 5.46 Å². The molecule has 2 aromatic carbocycles. The molecule has 1 saturated heterocycles. The summed E-state index contributed by atoms with van der Waals surface area (Å²) in [5, 5.41) is 2.38. The van der Waals surface area contributed by atoms with Crippen LogP contribution in [0.15, 0.2) is 42.5 Å². The van der Waals surface area contributed by atoms with E-state index in [9.17, 15) is 0 Å². The van der Waals surface area contributed by atoms with Gasteiger partial charge in [-0.2, -0.15) is 0 Å². The van der Waals surface area contributed by atoms with Crippen LogP contribution in [0.25, 0.3) is 16.5 Å². The molecule has 0 atom stereocenters. The highest BCUT2D eigenvalue weighted by Gasteiger charge is 2.51. The zero-order valence-electron chi connectivity index (χ0n) is 14.8. The van der Waals surface area contributed by atoms with Crippen molar-refractivity contribution in [3.05, 3.63) is 48.0 Å². The Morgan fingerprint density at radius 2 is 1.54 bits per heavy atom. The van der Waals surface area contributed by atoms with Crippen LogP contribution in [0.4, 0.5) is 0 Å². The van der Waals surface area contributed by atoms with E-state index in [4.69, 9.17) is 14.0 Å². The van der Waals surface area contributed by atoms with Gasteiger partial charge in [-0.25, -0.2) is 0 Å². The maximum Gasteiger partial charge on any atom is 0.494 e. The van der Waals surface area contributed by atoms with Gasteiger partial charge in [0.2, 0.25) is 0 Å². The van der Waals surface area contributed by atoms with Gasteiger partial charge in [0.1, 0.15) is 5.76 Å². The molecule has 2 aliphatic rings. The molecule has 2 aliphatic heterocycles. The Morgan fingerprint density at radius 3 is 2.21 bits per heavy atom. The Kier molecular flexibility index (Phi) is 3.52. The van der Waals surface area contributed by atoms with E-state index >= 15 is 0 Å². The second kappa shape index (κ2) is 5.37. The Bertz CT molecular complexity index is 807. The first kappa shape index (κ1) is 15.7. The van der Waals surface area contributed by atoms with E-state index in [-0.39, 0.29) is 18.3 Å². The number of hydrogen-bond acceptors (Lipinski definition) is 3. The highest BCUT2D eigenvalue weighted by Crippen LogP contribution is 2.36. The van der Waals surface area contributed by atoms with Crippen LogP contribution in [-0.2, 0) is 14.0 Å². The fourth-order valence-electron chi connectivity index (χ4n) is 3.16. The minimum absolute atomic E-state index is 0.317. The molecule has 0 unspecified atom stereocenters. The van der Waals surface area contributed by atoms with Crippen LogP contribution >= 0.6 is 0 Å². The molecule has 2 aromatic rings. The Labute approximate surface area is 143 Å². The summed E-state index contributed by atoms with van der Waals surface area (Å²) in [5.41, 5.74) is 1.57. The van der Waals surface area contributed by atoms with Crippen LogP contribution in [0.3, 0.4) is 0 Å². The van der Waals surface area contributed by atoms with Crippen LogP contribution in [0, 0.1) is 0 Å². The van der Waals surface area contributed by atoms with Gasteiger partial charge in [0.25, 0.3) is 0 Å². The Morgan fingerprint density at radius 1 is 0.875 bits per heavy atom. The second-order valence-corrected chi connectivity index (χ2v) is 7.62. The van der Waals surface area contributed by atoms with Crippen molar-refractivity contribution < 1.29 is 14.0 Å². The number of ether oxygens (including phenoxy) is 1. The molecule has 3 nitrogen and oxygen atoms in total. The lowest BCUT2D eigenvalue weighted by atomic mass is 9.78. The number of hydrogen-bond donors (Lipinski definition) is 0. The van der Waals surface area contributed by atoms with Crippen LogP contribution in [0.5, 0.6) is 0 Å². The minimum Gasteiger partial charge on any atom is -0.493 e. The number of benzene rings is 2. The first-order valence-corrected chi connectivity index (χ1v) is 8.58. The van der Waals surface area contributed by atoms with Crippen molar-refractivity contribution in [3.63, 3.8) is 0 Å². The van der Waals surface area contributed by atoms with Crippen molar-refractivity contribution in [2.75, 3.05) is 6.61 Å². The van der Waals surface area contributed by atoms with Gasteiger partial charge in [-0.15, -0.1) is 0 Å². The fraction of sp³-hybridized carbons (Fsp3) is 0.400. The van der Waals surface area contributed by atoms with Gasteiger partial charge in [-0.1, -0.05) is 30.3 Å². The number of rotatable bonds is 2. The molecule has 24 heavy (non-hydrogen) atoms. The molecule has 124 valence electrons. The minimum atomic E-state index is -0.319. The van der Waals surface area contributed by atoms with Crippen LogP contribution in [0.1, 0.15) is 39.7 Å². The quantitative estimate of drug-likeness (QED) is 0.785. The fourth-order valence-corrected chi connectivity index (χ4v) is 3.16. The summed E-state index contributed by atoms with van der Waals surface area (Å²) in [4.78, 5) is 0. The van der Waals surface area contributed by atoms with Gasteiger partial charge >= 0.3 is 7.12 Å². The van der Waals surface area contributed by atoms with Gasteiger partial charge in [0, 0.05) is 12.0 Å². The van der Waals surface area contributed by atoms with E-state index in [1.54, 1.807) is 0 Å². The highest BCUT2D eigenvalue weighted by molar-refractivity contribution is 6.62. The van der Waals surface area contributed by atoms with Gasteiger partial charge in [0.15, 0.2) is 0 Å². The van der Waals surface area contributed by atoms with Crippen molar-refractivity contribution in [1.29, 1.82) is 0 Å². The molecule has 0 saturated carbocycles. The normalized spacial score (nSPS) is 21.8. The summed E-state index contributed by atoms with van der Waals surface area (Å²) in [7, 11) is -0.319. The Hall–Kier alpha value is -1.78. The maximum atomic E-state index is 6.15. The second-order valence-electron chi connectivity index (χ2n) is 7.62. The smallest absolute Gasteiger partial charge is 0.493 e. The lowest BCUT2D eigenvalue weighted by Crippen LogP contribution is -2.41. The molecule has 0 aliphatic carbocycles. The maximum absolute atomic E-state index is 6.15. The van der Waals surface area contributed by atoms with Gasteiger partial charge < -0.3 is 14.0 Å². The van der Waals surface area contributed by atoms with Crippen molar-refractivity contribution in [2.24, 2.45) is 0 Å². The SMILES string of the molecule is CC1(C)OB(c2ccc3cc(C4=CCCO4)ccc3c2)OC1(C)C. The molecule has 0 amide bonds. The monoisotopic (exact) mass is 322 g/mol. The Balaban J connectivity index is 1.66. The zero-order chi connectivity index (χ0) is 16.9. The third-order valence-electron chi connectivity index (χ3n) is 5.38. The summed E-state index contributed by atoms with van der Waals surface area (Å²) in [5.74, 6) is 0.993. The van der Waals surface area contributed by atoms with E-state index in [0.29, 0.717) is 0 Å². The largest absolute Gasteiger partial charge is 0.494 e. The highest BCUT2D eigenvalue weighted by atomic mass is 16.7. The first-order chi connectivity index (χ1) is 11.4. The summed E-state index contributed by atoms with van der Waals surface area (Å²) >= 11 is 0. The molecule has 0 N–H and O–H groups in total. The zero-order valence-corrected chi connectivity index (χ0v) is 14.8. The third kappa shape index (κ3) is 2.54. The molecule has 0 radical (unpaired) electrons. The van der Waals surface area contributed by atoms with Crippen LogP contribution in [-0.4, -0.2) is 24.9 Å². The van der Waals surface area contributed by atoms with Gasteiger partial charge in [-0.05, 0) is 56.1 Å².